The summed E-state index contributed by atoms with van der Waals surface area (Å²) in [6.45, 7) is 2.24. The van der Waals surface area contributed by atoms with Crippen LogP contribution in [0.1, 0.15) is 37.3 Å². The van der Waals surface area contributed by atoms with Crippen LogP contribution in [0.3, 0.4) is 0 Å². The SMILES string of the molecule is CCC[C@H](O)c1nc2ccccc2n1Cc1c(F)cccc1Cl. The van der Waals surface area contributed by atoms with Crippen LogP contribution >= 0.6 is 11.6 Å². The largest absolute Gasteiger partial charge is 0.385 e. The van der Waals surface area contributed by atoms with Gasteiger partial charge in [0.25, 0.3) is 0 Å². The zero-order chi connectivity index (χ0) is 16.4. The van der Waals surface area contributed by atoms with Crippen molar-refractivity contribution >= 4 is 22.6 Å². The molecule has 0 spiro atoms. The van der Waals surface area contributed by atoms with Gasteiger partial charge < -0.3 is 9.67 Å². The molecule has 3 nitrogen and oxygen atoms in total. The van der Waals surface area contributed by atoms with Crippen LogP contribution in [0, 0.1) is 5.82 Å². The quantitative estimate of drug-likeness (QED) is 0.734. The second-order valence-electron chi connectivity index (χ2n) is 5.55. The molecule has 0 amide bonds. The normalized spacial score (nSPS) is 12.7. The maximum Gasteiger partial charge on any atom is 0.139 e. The number of imidazole rings is 1. The number of aliphatic hydroxyl groups is 1. The van der Waals surface area contributed by atoms with Gasteiger partial charge in [0.1, 0.15) is 17.7 Å². The van der Waals surface area contributed by atoms with E-state index in [4.69, 9.17) is 11.6 Å². The summed E-state index contributed by atoms with van der Waals surface area (Å²) in [6.07, 6.45) is 0.761. The molecular weight excluding hydrogens is 315 g/mol. The Kier molecular flexibility index (Phi) is 4.64. The molecular formula is C18H18ClFN2O. The number of aliphatic hydroxyl groups excluding tert-OH is 1. The Morgan fingerprint density at radius 3 is 2.74 bits per heavy atom. The first-order valence-corrected chi connectivity index (χ1v) is 8.05. The van der Waals surface area contributed by atoms with E-state index in [-0.39, 0.29) is 12.4 Å². The zero-order valence-corrected chi connectivity index (χ0v) is 13.6. The third kappa shape index (κ3) is 3.09. The topological polar surface area (TPSA) is 38.1 Å². The van der Waals surface area contributed by atoms with Gasteiger partial charge in [0.15, 0.2) is 0 Å². The number of fused-ring (bicyclic) bond motifs is 1. The number of hydrogen-bond acceptors (Lipinski definition) is 2. The number of rotatable bonds is 5. The summed E-state index contributed by atoms with van der Waals surface area (Å²) in [5, 5.41) is 10.8. The van der Waals surface area contributed by atoms with E-state index in [2.05, 4.69) is 4.98 Å². The number of benzene rings is 2. The molecule has 0 fully saturated rings. The van der Waals surface area contributed by atoms with E-state index in [0.717, 1.165) is 17.5 Å². The molecule has 23 heavy (non-hydrogen) atoms. The van der Waals surface area contributed by atoms with Gasteiger partial charge in [-0.25, -0.2) is 9.37 Å². The molecule has 1 N–H and O–H groups in total. The molecule has 3 rings (SSSR count). The predicted octanol–water partition coefficient (Wildman–Crippen LogP) is 4.71. The number of para-hydroxylation sites is 2. The van der Waals surface area contributed by atoms with E-state index in [1.54, 1.807) is 12.1 Å². The summed E-state index contributed by atoms with van der Waals surface area (Å²) >= 11 is 6.15. The van der Waals surface area contributed by atoms with Crippen molar-refractivity contribution in [2.75, 3.05) is 0 Å². The lowest BCUT2D eigenvalue weighted by Gasteiger charge is -2.14. The molecule has 0 unspecified atom stereocenters. The van der Waals surface area contributed by atoms with Crippen molar-refractivity contribution in [1.82, 2.24) is 9.55 Å². The maximum absolute atomic E-state index is 14.1. The number of nitrogens with zero attached hydrogens (tertiary/aromatic N) is 2. The lowest BCUT2D eigenvalue weighted by molar-refractivity contribution is 0.153. The summed E-state index contributed by atoms with van der Waals surface area (Å²) in [7, 11) is 0. The van der Waals surface area contributed by atoms with Crippen LogP contribution in [-0.4, -0.2) is 14.7 Å². The molecule has 0 aliphatic carbocycles. The smallest absolute Gasteiger partial charge is 0.139 e. The summed E-state index contributed by atoms with van der Waals surface area (Å²) in [5.74, 6) is 0.193. The van der Waals surface area contributed by atoms with E-state index < -0.39 is 6.10 Å². The minimum Gasteiger partial charge on any atom is -0.385 e. The third-order valence-electron chi connectivity index (χ3n) is 3.92. The second kappa shape index (κ2) is 6.69. The molecule has 0 saturated carbocycles. The van der Waals surface area contributed by atoms with Crippen LogP contribution in [0.5, 0.6) is 0 Å². The van der Waals surface area contributed by atoms with Crippen LogP contribution in [0.15, 0.2) is 42.5 Å². The molecule has 0 saturated heterocycles. The van der Waals surface area contributed by atoms with Crippen molar-refractivity contribution in [3.63, 3.8) is 0 Å². The summed E-state index contributed by atoms with van der Waals surface area (Å²) in [5.41, 5.74) is 2.05. The first-order chi connectivity index (χ1) is 11.1. The predicted molar refractivity (Wildman–Crippen MR) is 90.1 cm³/mol. The highest BCUT2D eigenvalue weighted by molar-refractivity contribution is 6.31. The molecule has 0 aliphatic rings. The van der Waals surface area contributed by atoms with Crippen LogP contribution in [0.25, 0.3) is 11.0 Å². The van der Waals surface area contributed by atoms with Crippen molar-refractivity contribution in [1.29, 1.82) is 0 Å². The van der Waals surface area contributed by atoms with Crippen LogP contribution in [0.2, 0.25) is 5.02 Å². The first-order valence-electron chi connectivity index (χ1n) is 7.68. The highest BCUT2D eigenvalue weighted by Gasteiger charge is 2.19. The number of aromatic nitrogens is 2. The Labute approximate surface area is 139 Å². The van der Waals surface area contributed by atoms with Crippen molar-refractivity contribution in [3.05, 3.63) is 64.7 Å². The average Bonchev–Trinajstić information content (AvgIpc) is 2.90. The maximum atomic E-state index is 14.1. The van der Waals surface area contributed by atoms with Crippen molar-refractivity contribution in [2.24, 2.45) is 0 Å². The van der Waals surface area contributed by atoms with Gasteiger partial charge in [-0.05, 0) is 30.7 Å². The van der Waals surface area contributed by atoms with E-state index in [1.165, 1.54) is 6.07 Å². The average molecular weight is 333 g/mol. The standard InChI is InChI=1S/C18H18ClFN2O/c1-2-6-17(23)18-21-15-9-3-4-10-16(15)22(18)11-12-13(19)7-5-8-14(12)20/h3-5,7-10,17,23H,2,6,11H2,1H3/t17-/m0/s1. The molecule has 1 heterocycles. The lowest BCUT2D eigenvalue weighted by atomic mass is 10.1. The number of hydrogen-bond donors (Lipinski definition) is 1. The Bertz CT molecular complexity index is 811. The fraction of sp³-hybridized carbons (Fsp3) is 0.278. The van der Waals surface area contributed by atoms with Gasteiger partial charge in [0.2, 0.25) is 0 Å². The van der Waals surface area contributed by atoms with Gasteiger partial charge in [0.05, 0.1) is 17.6 Å². The highest BCUT2D eigenvalue weighted by Crippen LogP contribution is 2.27. The van der Waals surface area contributed by atoms with Gasteiger partial charge in [-0.3, -0.25) is 0 Å². The zero-order valence-electron chi connectivity index (χ0n) is 12.8. The Morgan fingerprint density at radius 1 is 1.22 bits per heavy atom. The van der Waals surface area contributed by atoms with E-state index in [1.807, 2.05) is 35.8 Å². The third-order valence-corrected chi connectivity index (χ3v) is 4.28. The van der Waals surface area contributed by atoms with Gasteiger partial charge in [-0.2, -0.15) is 0 Å². The van der Waals surface area contributed by atoms with Gasteiger partial charge >= 0.3 is 0 Å². The van der Waals surface area contributed by atoms with Gasteiger partial charge in [0, 0.05) is 10.6 Å². The summed E-state index contributed by atoms with van der Waals surface area (Å²) in [6, 6.07) is 12.2. The lowest BCUT2D eigenvalue weighted by Crippen LogP contribution is -2.11. The van der Waals surface area contributed by atoms with E-state index in [0.29, 0.717) is 22.8 Å². The van der Waals surface area contributed by atoms with Gasteiger partial charge in [-0.15, -0.1) is 0 Å². The fourth-order valence-electron chi connectivity index (χ4n) is 2.76. The minimum absolute atomic E-state index is 0.238. The fourth-order valence-corrected chi connectivity index (χ4v) is 2.98. The van der Waals surface area contributed by atoms with Crippen LogP contribution in [0.4, 0.5) is 4.39 Å². The molecule has 2 aromatic carbocycles. The van der Waals surface area contributed by atoms with Crippen molar-refractivity contribution < 1.29 is 9.50 Å². The van der Waals surface area contributed by atoms with E-state index in [9.17, 15) is 9.50 Å². The second-order valence-corrected chi connectivity index (χ2v) is 5.96. The van der Waals surface area contributed by atoms with Crippen LogP contribution < -0.4 is 0 Å². The summed E-state index contributed by atoms with van der Waals surface area (Å²) < 4.78 is 16.0. The van der Waals surface area contributed by atoms with Gasteiger partial charge in [-0.1, -0.05) is 43.1 Å². The Hall–Kier alpha value is -1.91. The molecule has 0 radical (unpaired) electrons. The highest BCUT2D eigenvalue weighted by atomic mass is 35.5. The molecule has 0 bridgehead atoms. The molecule has 1 aromatic heterocycles. The molecule has 0 aliphatic heterocycles. The Balaban J connectivity index is 2.13. The van der Waals surface area contributed by atoms with Crippen LogP contribution in [-0.2, 0) is 6.54 Å². The van der Waals surface area contributed by atoms with Crippen molar-refractivity contribution in [2.45, 2.75) is 32.4 Å². The molecule has 120 valence electrons. The number of halogens is 2. The summed E-state index contributed by atoms with van der Waals surface area (Å²) in [4.78, 5) is 4.53. The monoisotopic (exact) mass is 332 g/mol. The minimum atomic E-state index is -0.682. The first kappa shape index (κ1) is 16.0. The van der Waals surface area contributed by atoms with Crippen molar-refractivity contribution in [3.8, 4) is 0 Å². The molecule has 1 atom stereocenters. The molecule has 3 aromatic rings. The Morgan fingerprint density at radius 2 is 2.00 bits per heavy atom. The van der Waals surface area contributed by atoms with E-state index >= 15 is 0 Å². The molecule has 5 heteroatoms.